The van der Waals surface area contributed by atoms with Crippen molar-refractivity contribution in [2.75, 3.05) is 26.2 Å². The summed E-state index contributed by atoms with van der Waals surface area (Å²) in [5, 5.41) is 3.65. The Morgan fingerprint density at radius 3 is 2.10 bits per heavy atom. The predicted octanol–water partition coefficient (Wildman–Crippen LogP) is 2.78. The lowest BCUT2D eigenvalue weighted by molar-refractivity contribution is 0.00152. The molecule has 0 aromatic carbocycles. The Balaban J connectivity index is 1.55. The molecule has 2 aliphatic heterocycles. The van der Waals surface area contributed by atoms with Gasteiger partial charge in [-0.1, -0.05) is 0 Å². The normalized spacial score (nSPS) is 27.6. The molecule has 1 amide bonds. The topological polar surface area (TPSA) is 41.6 Å². The van der Waals surface area contributed by atoms with Crippen molar-refractivity contribution >= 4 is 6.09 Å². The minimum absolute atomic E-state index is 0.141. The molecule has 1 saturated carbocycles. The zero-order valence-corrected chi connectivity index (χ0v) is 13.1. The fraction of sp³-hybridized carbons (Fsp3) is 0.938. The predicted molar refractivity (Wildman–Crippen MR) is 78.6 cm³/mol. The summed E-state index contributed by atoms with van der Waals surface area (Å²) >= 11 is 0. The van der Waals surface area contributed by atoms with Gasteiger partial charge in [0.15, 0.2) is 0 Å². The van der Waals surface area contributed by atoms with Gasteiger partial charge in [0, 0.05) is 26.2 Å². The van der Waals surface area contributed by atoms with Crippen LogP contribution in [0.15, 0.2) is 0 Å². The van der Waals surface area contributed by atoms with E-state index in [1.807, 2.05) is 25.7 Å². The minimum Gasteiger partial charge on any atom is -0.444 e. The van der Waals surface area contributed by atoms with E-state index in [9.17, 15) is 4.79 Å². The lowest BCUT2D eigenvalue weighted by atomic mass is 9.69. The van der Waals surface area contributed by atoms with Crippen LogP contribution in [0, 0.1) is 10.8 Å². The molecule has 0 radical (unpaired) electrons. The molecule has 2 saturated heterocycles. The summed E-state index contributed by atoms with van der Waals surface area (Å²) in [6, 6.07) is 0. The van der Waals surface area contributed by atoms with Gasteiger partial charge < -0.3 is 15.0 Å². The second-order valence-corrected chi connectivity index (χ2v) is 8.25. The van der Waals surface area contributed by atoms with E-state index in [1.165, 1.54) is 25.8 Å². The van der Waals surface area contributed by atoms with Crippen LogP contribution >= 0.6 is 0 Å². The van der Waals surface area contributed by atoms with Crippen LogP contribution in [0.4, 0.5) is 4.79 Å². The third-order valence-corrected chi connectivity index (χ3v) is 5.18. The smallest absolute Gasteiger partial charge is 0.410 e. The highest BCUT2D eigenvalue weighted by Crippen LogP contribution is 2.57. The summed E-state index contributed by atoms with van der Waals surface area (Å²) in [6.07, 6.45) is 6.28. The van der Waals surface area contributed by atoms with Gasteiger partial charge in [-0.25, -0.2) is 4.79 Å². The van der Waals surface area contributed by atoms with E-state index >= 15 is 0 Å². The highest BCUT2D eigenvalue weighted by atomic mass is 16.6. The van der Waals surface area contributed by atoms with E-state index in [4.69, 9.17) is 4.74 Å². The first-order valence-corrected chi connectivity index (χ1v) is 8.00. The first kappa shape index (κ1) is 14.2. The Morgan fingerprint density at radius 1 is 1.05 bits per heavy atom. The van der Waals surface area contributed by atoms with E-state index < -0.39 is 5.60 Å². The summed E-state index contributed by atoms with van der Waals surface area (Å²) in [6.45, 7) is 9.84. The molecular weight excluding hydrogens is 252 g/mol. The number of hydrogen-bond acceptors (Lipinski definition) is 3. The van der Waals surface area contributed by atoms with Gasteiger partial charge in [-0.05, 0) is 63.7 Å². The van der Waals surface area contributed by atoms with Gasteiger partial charge in [0.1, 0.15) is 5.60 Å². The number of nitrogens with one attached hydrogen (secondary N) is 1. The number of piperidine rings is 2. The molecule has 20 heavy (non-hydrogen) atoms. The standard InChI is InChI=1S/C16H28N2O2/c1-14(2,3)20-13(19)18-8-6-16(7-9-18)10-15(4-5-15)11-17-12-16/h17H,4-12H2,1-3H3. The molecule has 4 heteroatoms. The third kappa shape index (κ3) is 2.95. The van der Waals surface area contributed by atoms with E-state index in [2.05, 4.69) is 5.32 Å². The Morgan fingerprint density at radius 2 is 1.60 bits per heavy atom. The average Bonchev–Trinajstić information content (AvgIpc) is 3.06. The molecule has 1 N–H and O–H groups in total. The SMILES string of the molecule is CC(C)(C)OC(=O)N1CCC2(CC1)CNCC1(CC1)C2. The highest BCUT2D eigenvalue weighted by Gasteiger charge is 2.52. The van der Waals surface area contributed by atoms with Crippen LogP contribution in [0.5, 0.6) is 0 Å². The Kier molecular flexibility index (Phi) is 3.27. The van der Waals surface area contributed by atoms with Gasteiger partial charge in [-0.3, -0.25) is 0 Å². The van der Waals surface area contributed by atoms with E-state index in [1.54, 1.807) is 0 Å². The Hall–Kier alpha value is -0.770. The number of nitrogens with zero attached hydrogens (tertiary/aromatic N) is 1. The minimum atomic E-state index is -0.392. The molecule has 0 unspecified atom stereocenters. The maximum Gasteiger partial charge on any atom is 0.410 e. The molecule has 0 aromatic heterocycles. The lowest BCUT2D eigenvalue weighted by Crippen LogP contribution is -2.52. The lowest BCUT2D eigenvalue weighted by Gasteiger charge is -2.47. The molecule has 1 aliphatic carbocycles. The quantitative estimate of drug-likeness (QED) is 0.742. The molecule has 114 valence electrons. The summed E-state index contributed by atoms with van der Waals surface area (Å²) in [5.41, 5.74) is 0.663. The first-order valence-electron chi connectivity index (χ1n) is 8.00. The van der Waals surface area contributed by atoms with Crippen molar-refractivity contribution in [2.45, 2.75) is 58.5 Å². The van der Waals surface area contributed by atoms with Crippen LogP contribution < -0.4 is 5.32 Å². The number of ether oxygens (including phenoxy) is 1. The van der Waals surface area contributed by atoms with Crippen LogP contribution in [0.3, 0.4) is 0 Å². The van der Waals surface area contributed by atoms with Crippen LogP contribution in [-0.2, 0) is 4.74 Å². The first-order chi connectivity index (χ1) is 9.32. The number of carbonyl (C=O) groups is 1. The highest BCUT2D eigenvalue weighted by molar-refractivity contribution is 5.68. The summed E-state index contributed by atoms with van der Waals surface area (Å²) in [7, 11) is 0. The van der Waals surface area contributed by atoms with Crippen molar-refractivity contribution in [3.05, 3.63) is 0 Å². The molecule has 4 nitrogen and oxygen atoms in total. The van der Waals surface area contributed by atoms with Gasteiger partial charge in [-0.2, -0.15) is 0 Å². The molecule has 3 fully saturated rings. The van der Waals surface area contributed by atoms with Crippen molar-refractivity contribution in [3.8, 4) is 0 Å². The molecule has 3 aliphatic rings. The van der Waals surface area contributed by atoms with Crippen LogP contribution in [-0.4, -0.2) is 42.8 Å². The molecule has 3 rings (SSSR count). The molecule has 0 bridgehead atoms. The van der Waals surface area contributed by atoms with Crippen molar-refractivity contribution in [1.82, 2.24) is 10.2 Å². The second kappa shape index (κ2) is 4.62. The number of hydrogen-bond donors (Lipinski definition) is 1. The fourth-order valence-electron chi connectivity index (χ4n) is 3.89. The summed E-state index contributed by atoms with van der Waals surface area (Å²) < 4.78 is 5.48. The van der Waals surface area contributed by atoms with Gasteiger partial charge in [0.05, 0.1) is 0 Å². The molecule has 2 heterocycles. The third-order valence-electron chi connectivity index (χ3n) is 5.18. The largest absolute Gasteiger partial charge is 0.444 e. The van der Waals surface area contributed by atoms with Crippen LogP contribution in [0.25, 0.3) is 0 Å². The summed E-state index contributed by atoms with van der Waals surface area (Å²) in [4.78, 5) is 14.0. The van der Waals surface area contributed by atoms with Gasteiger partial charge in [0.2, 0.25) is 0 Å². The van der Waals surface area contributed by atoms with Crippen molar-refractivity contribution in [1.29, 1.82) is 0 Å². The molecule has 0 atom stereocenters. The van der Waals surface area contributed by atoms with Crippen LogP contribution in [0.1, 0.15) is 52.9 Å². The molecular formula is C16H28N2O2. The maximum atomic E-state index is 12.1. The average molecular weight is 280 g/mol. The molecule has 2 spiro atoms. The zero-order valence-electron chi connectivity index (χ0n) is 13.1. The van der Waals surface area contributed by atoms with E-state index in [0.717, 1.165) is 32.5 Å². The van der Waals surface area contributed by atoms with Gasteiger partial charge in [0.25, 0.3) is 0 Å². The van der Waals surface area contributed by atoms with Crippen molar-refractivity contribution < 1.29 is 9.53 Å². The number of carbonyl (C=O) groups excluding carboxylic acids is 1. The van der Waals surface area contributed by atoms with Crippen LogP contribution in [0.2, 0.25) is 0 Å². The second-order valence-electron chi connectivity index (χ2n) is 8.25. The Bertz CT molecular complexity index is 388. The zero-order chi connectivity index (χ0) is 14.4. The number of rotatable bonds is 0. The number of likely N-dealkylation sites (tertiary alicyclic amines) is 1. The van der Waals surface area contributed by atoms with Gasteiger partial charge in [-0.15, -0.1) is 0 Å². The van der Waals surface area contributed by atoms with E-state index in [0.29, 0.717) is 10.8 Å². The van der Waals surface area contributed by atoms with Gasteiger partial charge >= 0.3 is 6.09 Å². The van der Waals surface area contributed by atoms with Crippen molar-refractivity contribution in [3.63, 3.8) is 0 Å². The maximum absolute atomic E-state index is 12.1. The summed E-state index contributed by atoms with van der Waals surface area (Å²) in [5.74, 6) is 0. The fourth-order valence-corrected chi connectivity index (χ4v) is 3.89. The number of amides is 1. The monoisotopic (exact) mass is 280 g/mol. The Labute approximate surface area is 122 Å². The van der Waals surface area contributed by atoms with Crippen molar-refractivity contribution in [2.24, 2.45) is 10.8 Å². The van der Waals surface area contributed by atoms with E-state index in [-0.39, 0.29) is 6.09 Å². The molecule has 0 aromatic rings.